The highest BCUT2D eigenvalue weighted by Gasteiger charge is 2.27. The summed E-state index contributed by atoms with van der Waals surface area (Å²) in [6.07, 6.45) is 4.29. The van der Waals surface area contributed by atoms with E-state index >= 15 is 4.39 Å². The maximum Gasteiger partial charge on any atom is 0.177 e. The maximum absolute atomic E-state index is 15.1. The molecule has 4 aromatic rings. The first kappa shape index (κ1) is 24.7. The third-order valence-electron chi connectivity index (χ3n) is 5.42. The number of nitriles is 1. The van der Waals surface area contributed by atoms with Gasteiger partial charge < -0.3 is 15.0 Å². The second-order valence-corrected chi connectivity index (χ2v) is 10.1. The lowest BCUT2D eigenvalue weighted by Crippen LogP contribution is -2.17. The van der Waals surface area contributed by atoms with Crippen molar-refractivity contribution in [3.05, 3.63) is 53.7 Å². The van der Waals surface area contributed by atoms with Gasteiger partial charge in [-0.15, -0.1) is 0 Å². The van der Waals surface area contributed by atoms with Crippen LogP contribution in [0, 0.1) is 24.1 Å². The number of benzene rings is 1. The molecule has 3 heterocycles. The fraction of sp³-hybridized carbons (Fsp3) is 0.217. The molecule has 0 saturated carbocycles. The van der Waals surface area contributed by atoms with Crippen molar-refractivity contribution in [2.45, 2.75) is 11.8 Å². The van der Waals surface area contributed by atoms with Gasteiger partial charge in [-0.3, -0.25) is 9.78 Å². The standard InChI is InChI=1S/C23H23FN8O3S/c1-13-8-19(30-29-13)27-22-21(35-4)20(14-11-26-31(2)12-14)16(10-25)23(28-22)32(3)18-7-6-15(9-17(18)24)36(5,33)34/h6-9,11-12H,1-5H3,(H2,27,28,29,30). The minimum absolute atomic E-state index is 0.0234. The maximum atomic E-state index is 15.1. The van der Waals surface area contributed by atoms with Gasteiger partial charge in [0.15, 0.2) is 33.0 Å². The average Bonchev–Trinajstić information content (AvgIpc) is 3.44. The number of anilines is 4. The number of aromatic nitrogens is 5. The first-order valence-corrected chi connectivity index (χ1v) is 12.5. The van der Waals surface area contributed by atoms with Crippen LogP contribution in [0.5, 0.6) is 5.75 Å². The number of nitrogens with zero attached hydrogens (tertiary/aromatic N) is 6. The van der Waals surface area contributed by atoms with Gasteiger partial charge in [-0.1, -0.05) is 0 Å². The number of hydrogen-bond acceptors (Lipinski definition) is 9. The van der Waals surface area contributed by atoms with Gasteiger partial charge in [0.25, 0.3) is 0 Å². The minimum atomic E-state index is -3.61. The van der Waals surface area contributed by atoms with Gasteiger partial charge in [0.05, 0.1) is 29.5 Å². The van der Waals surface area contributed by atoms with Crippen molar-refractivity contribution in [2.75, 3.05) is 30.6 Å². The number of pyridine rings is 1. The van der Waals surface area contributed by atoms with Gasteiger partial charge in [0.1, 0.15) is 17.4 Å². The van der Waals surface area contributed by atoms with Crippen LogP contribution in [-0.2, 0) is 16.9 Å². The van der Waals surface area contributed by atoms with Gasteiger partial charge in [0, 0.05) is 43.9 Å². The van der Waals surface area contributed by atoms with E-state index in [1.165, 1.54) is 31.2 Å². The Hall–Kier alpha value is -4.44. The van der Waals surface area contributed by atoms with Crippen LogP contribution in [0.2, 0.25) is 0 Å². The molecule has 36 heavy (non-hydrogen) atoms. The van der Waals surface area contributed by atoms with Crippen molar-refractivity contribution in [3.63, 3.8) is 0 Å². The van der Waals surface area contributed by atoms with Crippen molar-refractivity contribution in [3.8, 4) is 22.9 Å². The van der Waals surface area contributed by atoms with Crippen LogP contribution in [0.15, 0.2) is 41.6 Å². The molecule has 0 amide bonds. The van der Waals surface area contributed by atoms with Crippen molar-refractivity contribution in [1.29, 1.82) is 5.26 Å². The van der Waals surface area contributed by atoms with Crippen LogP contribution in [0.3, 0.4) is 0 Å². The Kier molecular flexibility index (Phi) is 6.38. The Balaban J connectivity index is 1.96. The molecule has 0 fully saturated rings. The topological polar surface area (TPSA) is 142 Å². The van der Waals surface area contributed by atoms with Crippen LogP contribution in [-0.4, -0.2) is 53.8 Å². The van der Waals surface area contributed by atoms with Crippen molar-refractivity contribution < 1.29 is 17.5 Å². The number of aryl methyl sites for hydroxylation is 2. The van der Waals surface area contributed by atoms with Gasteiger partial charge in [-0.2, -0.15) is 15.5 Å². The summed E-state index contributed by atoms with van der Waals surface area (Å²) in [5, 5.41) is 24.5. The molecule has 4 rings (SSSR count). The number of sulfone groups is 1. The van der Waals surface area contributed by atoms with Gasteiger partial charge in [-0.25, -0.2) is 17.8 Å². The zero-order valence-corrected chi connectivity index (χ0v) is 21.0. The Morgan fingerprint density at radius 2 is 2.06 bits per heavy atom. The molecule has 3 aromatic heterocycles. The zero-order valence-electron chi connectivity index (χ0n) is 20.2. The fourth-order valence-corrected chi connectivity index (χ4v) is 4.35. The van der Waals surface area contributed by atoms with E-state index in [1.807, 2.05) is 6.92 Å². The number of hydrogen-bond donors (Lipinski definition) is 2. The van der Waals surface area contributed by atoms with E-state index in [4.69, 9.17) is 4.74 Å². The van der Waals surface area contributed by atoms with E-state index in [-0.39, 0.29) is 33.5 Å². The predicted molar refractivity (Wildman–Crippen MR) is 132 cm³/mol. The zero-order chi connectivity index (χ0) is 26.2. The van der Waals surface area contributed by atoms with Gasteiger partial charge in [0.2, 0.25) is 0 Å². The predicted octanol–water partition coefficient (Wildman–Crippen LogP) is 3.45. The number of nitrogens with one attached hydrogen (secondary N) is 2. The fourth-order valence-electron chi connectivity index (χ4n) is 3.72. The molecule has 0 aliphatic rings. The van der Waals surface area contributed by atoms with E-state index in [1.54, 1.807) is 30.2 Å². The molecule has 0 saturated heterocycles. The summed E-state index contributed by atoms with van der Waals surface area (Å²) in [5.74, 6) is 0.278. The smallest absolute Gasteiger partial charge is 0.177 e. The lowest BCUT2D eigenvalue weighted by atomic mass is 10.0. The van der Waals surface area contributed by atoms with Gasteiger partial charge >= 0.3 is 0 Å². The first-order chi connectivity index (χ1) is 17.0. The van der Waals surface area contributed by atoms with Crippen LogP contribution in [0.1, 0.15) is 11.3 Å². The largest absolute Gasteiger partial charge is 0.492 e. The number of ether oxygens (including phenoxy) is 1. The Bertz CT molecular complexity index is 1600. The number of H-pyrrole nitrogens is 1. The van der Waals surface area contributed by atoms with E-state index in [0.717, 1.165) is 18.0 Å². The summed E-state index contributed by atoms with van der Waals surface area (Å²) in [6, 6.07) is 7.48. The molecule has 13 heteroatoms. The Labute approximate surface area is 207 Å². The molecule has 0 aliphatic heterocycles. The summed E-state index contributed by atoms with van der Waals surface area (Å²) in [7, 11) is 1.11. The normalized spacial score (nSPS) is 11.2. The second-order valence-electron chi connectivity index (χ2n) is 8.09. The number of halogens is 1. The Morgan fingerprint density at radius 3 is 2.58 bits per heavy atom. The highest BCUT2D eigenvalue weighted by atomic mass is 32.2. The van der Waals surface area contributed by atoms with Crippen molar-refractivity contribution in [1.82, 2.24) is 25.0 Å². The molecule has 2 N–H and O–H groups in total. The summed E-state index contributed by atoms with van der Waals surface area (Å²) in [4.78, 5) is 5.82. The Morgan fingerprint density at radius 1 is 1.31 bits per heavy atom. The summed E-state index contributed by atoms with van der Waals surface area (Å²) < 4.78 is 46.0. The molecule has 0 unspecified atom stereocenters. The van der Waals surface area contributed by atoms with Crippen LogP contribution < -0.4 is 15.0 Å². The molecule has 0 radical (unpaired) electrons. The molecule has 0 atom stereocenters. The van der Waals surface area contributed by atoms with Crippen molar-refractivity contribution >= 4 is 33.0 Å². The molecule has 11 nitrogen and oxygen atoms in total. The van der Waals surface area contributed by atoms with Crippen LogP contribution >= 0.6 is 0 Å². The third-order valence-corrected chi connectivity index (χ3v) is 6.53. The summed E-state index contributed by atoms with van der Waals surface area (Å²) in [5.41, 5.74) is 1.92. The molecular weight excluding hydrogens is 487 g/mol. The van der Waals surface area contributed by atoms with Gasteiger partial charge in [-0.05, 0) is 25.1 Å². The molecule has 0 bridgehead atoms. The summed E-state index contributed by atoms with van der Waals surface area (Å²) >= 11 is 0. The molecule has 0 spiro atoms. The monoisotopic (exact) mass is 510 g/mol. The van der Waals surface area contributed by atoms with Crippen LogP contribution in [0.4, 0.5) is 27.5 Å². The van der Waals surface area contributed by atoms with E-state index in [0.29, 0.717) is 16.9 Å². The average molecular weight is 511 g/mol. The molecular formula is C23H23FN8O3S. The highest BCUT2D eigenvalue weighted by Crippen LogP contribution is 2.44. The highest BCUT2D eigenvalue weighted by molar-refractivity contribution is 7.90. The molecule has 1 aromatic carbocycles. The molecule has 0 aliphatic carbocycles. The quantitative estimate of drug-likeness (QED) is 0.382. The third kappa shape index (κ3) is 4.58. The summed E-state index contributed by atoms with van der Waals surface area (Å²) in [6.45, 7) is 1.84. The number of rotatable bonds is 7. The number of methoxy groups -OCH3 is 1. The van der Waals surface area contributed by atoms with Crippen LogP contribution in [0.25, 0.3) is 11.1 Å². The lowest BCUT2D eigenvalue weighted by Gasteiger charge is -2.24. The van der Waals surface area contributed by atoms with E-state index < -0.39 is 15.7 Å². The van der Waals surface area contributed by atoms with E-state index in [2.05, 4.69) is 31.7 Å². The van der Waals surface area contributed by atoms with Crippen molar-refractivity contribution in [2.24, 2.45) is 7.05 Å². The second kappa shape index (κ2) is 9.31. The van der Waals surface area contributed by atoms with E-state index in [9.17, 15) is 13.7 Å². The number of aromatic amines is 1. The first-order valence-electron chi connectivity index (χ1n) is 10.6. The molecule has 186 valence electrons. The SMILES string of the molecule is COc1c(Nc2cc(C)[nH]n2)nc(N(C)c2ccc(S(C)(=O)=O)cc2F)c(C#N)c1-c1cnn(C)c1. The minimum Gasteiger partial charge on any atom is -0.492 e. The lowest BCUT2D eigenvalue weighted by molar-refractivity contribution is 0.417.